The second-order valence-electron chi connectivity index (χ2n) is 14.6. The number of hydrogen-bond acceptors (Lipinski definition) is 11. The molecule has 0 spiro atoms. The number of rotatable bonds is 36. The Balaban J connectivity index is 2.42. The number of carbonyl (C=O) groups is 1. The van der Waals surface area contributed by atoms with Crippen LogP contribution in [-0.2, 0) is 38.3 Å². The Labute approximate surface area is 327 Å². The quantitative estimate of drug-likeness (QED) is 0.0208. The summed E-state index contributed by atoms with van der Waals surface area (Å²) in [6.07, 6.45) is 26.5. The van der Waals surface area contributed by atoms with E-state index >= 15 is 0 Å². The van der Waals surface area contributed by atoms with Crippen LogP contribution in [0.1, 0.15) is 168 Å². The summed E-state index contributed by atoms with van der Waals surface area (Å²) in [5, 5.41) is 30.5. The maximum Gasteiger partial charge on any atom is 0.397 e. The van der Waals surface area contributed by atoms with Crippen molar-refractivity contribution in [3.05, 3.63) is 24.3 Å². The third kappa shape index (κ3) is 27.2. The summed E-state index contributed by atoms with van der Waals surface area (Å²) in [5.74, 6) is -0.405. The van der Waals surface area contributed by atoms with E-state index in [-0.39, 0.29) is 19.6 Å². The zero-order valence-electron chi connectivity index (χ0n) is 33.5. The number of ether oxygens (including phenoxy) is 4. The van der Waals surface area contributed by atoms with Crippen LogP contribution in [0.15, 0.2) is 24.3 Å². The molecule has 12 nitrogen and oxygen atoms in total. The van der Waals surface area contributed by atoms with E-state index in [1.165, 1.54) is 89.9 Å². The molecule has 1 aliphatic heterocycles. The molecule has 0 saturated carbocycles. The van der Waals surface area contributed by atoms with E-state index in [2.05, 4.69) is 42.3 Å². The van der Waals surface area contributed by atoms with Crippen molar-refractivity contribution in [2.45, 2.75) is 205 Å². The van der Waals surface area contributed by atoms with Gasteiger partial charge in [-0.1, -0.05) is 141 Å². The van der Waals surface area contributed by atoms with Gasteiger partial charge < -0.3 is 34.3 Å². The zero-order chi connectivity index (χ0) is 39.7. The molecule has 1 rings (SSSR count). The van der Waals surface area contributed by atoms with Crippen LogP contribution in [0.5, 0.6) is 0 Å². The zero-order valence-corrected chi connectivity index (χ0v) is 34.4. The highest BCUT2D eigenvalue weighted by Gasteiger charge is 2.48. The topological polar surface area (TPSA) is 178 Å². The van der Waals surface area contributed by atoms with E-state index in [0.29, 0.717) is 13.0 Å². The highest BCUT2D eigenvalue weighted by atomic mass is 32.3. The SMILES string of the molecule is CCCCC/C=C\C/C=C\CCCCCCCCCCOCC(COC1OC(CO)C(O)C(OS(=O)(=O)O)C1O)OC(=O)CCCCCCCCCCC. The van der Waals surface area contributed by atoms with E-state index in [4.69, 9.17) is 23.5 Å². The first-order valence-electron chi connectivity index (χ1n) is 21.1. The van der Waals surface area contributed by atoms with Crippen LogP contribution in [0.2, 0.25) is 0 Å². The first-order valence-corrected chi connectivity index (χ1v) is 22.5. The van der Waals surface area contributed by atoms with Gasteiger partial charge in [0.15, 0.2) is 6.29 Å². The van der Waals surface area contributed by atoms with Crippen molar-refractivity contribution in [3.63, 3.8) is 0 Å². The molecular formula is C41H76O12S. The molecule has 0 radical (unpaired) electrons. The first-order chi connectivity index (χ1) is 26.1. The molecule has 0 aromatic carbocycles. The molecule has 4 N–H and O–H groups in total. The Bertz CT molecular complexity index is 1050. The third-order valence-electron chi connectivity index (χ3n) is 9.58. The van der Waals surface area contributed by atoms with Crippen molar-refractivity contribution in [1.82, 2.24) is 0 Å². The number of carbonyl (C=O) groups excluding carboxylic acids is 1. The molecule has 1 saturated heterocycles. The summed E-state index contributed by atoms with van der Waals surface area (Å²) in [5.41, 5.74) is 0. The molecule has 54 heavy (non-hydrogen) atoms. The monoisotopic (exact) mass is 793 g/mol. The van der Waals surface area contributed by atoms with Crippen LogP contribution in [-0.4, -0.2) is 97.5 Å². The van der Waals surface area contributed by atoms with Gasteiger partial charge in [0.1, 0.15) is 30.5 Å². The standard InChI is InChI=1S/C41H76O12S/c1-3-5-7-9-11-13-14-15-16-17-18-19-20-21-23-25-27-29-31-49-33-35(51-37(43)30-28-26-24-22-12-10-8-6-4-2)34-50-41-39(45)40(53-54(46,47)48)38(44)36(32-42)52-41/h11,13,15-16,35-36,38-42,44-45H,3-10,12,14,17-34H2,1-2H3,(H,46,47,48)/b13-11-,16-15-. The van der Waals surface area contributed by atoms with Crippen LogP contribution in [0.4, 0.5) is 0 Å². The smallest absolute Gasteiger partial charge is 0.397 e. The van der Waals surface area contributed by atoms with Crippen molar-refractivity contribution >= 4 is 16.4 Å². The molecule has 0 bridgehead atoms. The first kappa shape index (κ1) is 50.6. The molecular weight excluding hydrogens is 717 g/mol. The summed E-state index contributed by atoms with van der Waals surface area (Å²) in [4.78, 5) is 12.7. The molecule has 6 atom stereocenters. The molecule has 6 unspecified atom stereocenters. The van der Waals surface area contributed by atoms with Gasteiger partial charge >= 0.3 is 16.4 Å². The van der Waals surface area contributed by atoms with Gasteiger partial charge in [0.2, 0.25) is 0 Å². The van der Waals surface area contributed by atoms with Crippen LogP contribution in [0.3, 0.4) is 0 Å². The molecule has 0 amide bonds. The number of allylic oxidation sites excluding steroid dienone is 4. The second kappa shape index (κ2) is 33.7. The number of aliphatic hydroxyl groups excluding tert-OH is 3. The van der Waals surface area contributed by atoms with Gasteiger partial charge in [0, 0.05) is 13.0 Å². The molecule has 1 heterocycles. The Morgan fingerprint density at radius 3 is 1.80 bits per heavy atom. The van der Waals surface area contributed by atoms with Crippen molar-refractivity contribution in [1.29, 1.82) is 0 Å². The molecule has 1 fully saturated rings. The van der Waals surface area contributed by atoms with Gasteiger partial charge in [-0.3, -0.25) is 9.35 Å². The lowest BCUT2D eigenvalue weighted by atomic mass is 9.99. The average molecular weight is 793 g/mol. The maximum absolute atomic E-state index is 12.7. The Kier molecular flexibility index (Phi) is 31.6. The van der Waals surface area contributed by atoms with Crippen LogP contribution in [0.25, 0.3) is 0 Å². The van der Waals surface area contributed by atoms with E-state index < -0.39 is 59.8 Å². The molecule has 318 valence electrons. The summed E-state index contributed by atoms with van der Waals surface area (Å²) < 4.78 is 58.8. The van der Waals surface area contributed by atoms with Crippen LogP contribution in [0, 0.1) is 0 Å². The maximum atomic E-state index is 12.7. The Hall–Kier alpha value is -1.42. The average Bonchev–Trinajstić information content (AvgIpc) is 3.14. The van der Waals surface area contributed by atoms with Gasteiger partial charge in [-0.05, 0) is 44.9 Å². The number of esters is 1. The van der Waals surface area contributed by atoms with Gasteiger partial charge in [-0.15, -0.1) is 0 Å². The fourth-order valence-electron chi connectivity index (χ4n) is 6.35. The lowest BCUT2D eigenvalue weighted by molar-refractivity contribution is -0.301. The molecule has 0 aromatic heterocycles. The van der Waals surface area contributed by atoms with Gasteiger partial charge in [-0.25, -0.2) is 4.18 Å². The molecule has 13 heteroatoms. The van der Waals surface area contributed by atoms with Gasteiger partial charge in [0.25, 0.3) is 0 Å². The predicted octanol–water partition coefficient (Wildman–Crippen LogP) is 8.07. The van der Waals surface area contributed by atoms with Gasteiger partial charge in [-0.2, -0.15) is 8.42 Å². The summed E-state index contributed by atoms with van der Waals surface area (Å²) in [6.45, 7) is 3.92. The van der Waals surface area contributed by atoms with E-state index in [0.717, 1.165) is 51.4 Å². The lowest BCUT2D eigenvalue weighted by Gasteiger charge is -2.41. The van der Waals surface area contributed by atoms with Crippen LogP contribution < -0.4 is 0 Å². The van der Waals surface area contributed by atoms with Crippen molar-refractivity contribution in [3.8, 4) is 0 Å². The molecule has 0 aromatic rings. The van der Waals surface area contributed by atoms with Gasteiger partial charge in [0.05, 0.1) is 19.8 Å². The largest absolute Gasteiger partial charge is 0.457 e. The summed E-state index contributed by atoms with van der Waals surface area (Å²) in [6, 6.07) is 0. The fourth-order valence-corrected chi connectivity index (χ4v) is 6.86. The molecule has 0 aliphatic carbocycles. The summed E-state index contributed by atoms with van der Waals surface area (Å²) in [7, 11) is -5.05. The van der Waals surface area contributed by atoms with Crippen molar-refractivity contribution in [2.24, 2.45) is 0 Å². The second-order valence-corrected chi connectivity index (χ2v) is 15.6. The predicted molar refractivity (Wildman–Crippen MR) is 211 cm³/mol. The molecule has 1 aliphatic rings. The normalized spacial score (nSPS) is 21.3. The minimum Gasteiger partial charge on any atom is -0.457 e. The minimum absolute atomic E-state index is 0.0347. The summed E-state index contributed by atoms with van der Waals surface area (Å²) >= 11 is 0. The van der Waals surface area contributed by atoms with Crippen molar-refractivity contribution < 1.29 is 56.2 Å². The Morgan fingerprint density at radius 1 is 0.704 bits per heavy atom. The highest BCUT2D eigenvalue weighted by molar-refractivity contribution is 7.80. The van der Waals surface area contributed by atoms with E-state index in [9.17, 15) is 28.5 Å². The number of unbranched alkanes of at least 4 members (excludes halogenated alkanes) is 19. The fraction of sp³-hybridized carbons (Fsp3) is 0.878. The van der Waals surface area contributed by atoms with E-state index in [1.807, 2.05) is 0 Å². The minimum atomic E-state index is -5.05. The third-order valence-corrected chi connectivity index (χ3v) is 10.0. The lowest BCUT2D eigenvalue weighted by Crippen LogP contribution is -2.60. The number of aliphatic hydroxyl groups is 3. The van der Waals surface area contributed by atoms with E-state index in [1.54, 1.807) is 0 Å². The van der Waals surface area contributed by atoms with Crippen LogP contribution >= 0.6 is 0 Å². The number of hydrogen-bond donors (Lipinski definition) is 4. The van der Waals surface area contributed by atoms with Crippen molar-refractivity contribution in [2.75, 3.05) is 26.4 Å². The Morgan fingerprint density at radius 2 is 1.22 bits per heavy atom. The highest BCUT2D eigenvalue weighted by Crippen LogP contribution is 2.26.